The van der Waals surface area contributed by atoms with Crippen molar-refractivity contribution in [3.8, 4) is 11.8 Å². The summed E-state index contributed by atoms with van der Waals surface area (Å²) in [6, 6.07) is 19.4. The highest BCUT2D eigenvalue weighted by Crippen LogP contribution is 2.30. The van der Waals surface area contributed by atoms with Gasteiger partial charge in [-0.15, -0.1) is 0 Å². The van der Waals surface area contributed by atoms with Crippen LogP contribution in [0.3, 0.4) is 0 Å². The molecule has 8 nitrogen and oxygen atoms in total. The van der Waals surface area contributed by atoms with Gasteiger partial charge in [0.25, 0.3) is 11.8 Å². The van der Waals surface area contributed by atoms with Gasteiger partial charge in [-0.3, -0.25) is 9.59 Å². The number of nitrogens with one attached hydrogen (secondary N) is 2. The highest BCUT2D eigenvalue weighted by Gasteiger charge is 2.27. The number of fused-ring (bicyclic) bond motifs is 1. The number of amides is 2. The normalized spacial score (nSPS) is 13.4. The average Bonchev–Trinajstić information content (AvgIpc) is 3.48. The van der Waals surface area contributed by atoms with Crippen LogP contribution in [0.5, 0.6) is 5.75 Å². The summed E-state index contributed by atoms with van der Waals surface area (Å²) >= 11 is 0. The fraction of sp³-hybridized carbons (Fsp3) is 0.0833. The topological polar surface area (TPSA) is 117 Å². The van der Waals surface area contributed by atoms with Gasteiger partial charge in [-0.2, -0.15) is 5.26 Å². The second kappa shape index (κ2) is 9.02. The van der Waals surface area contributed by atoms with Crippen LogP contribution in [0.4, 0.5) is 0 Å². The van der Waals surface area contributed by atoms with Crippen LogP contribution < -0.4 is 15.4 Å². The van der Waals surface area contributed by atoms with Gasteiger partial charge < -0.3 is 19.8 Å². The zero-order valence-corrected chi connectivity index (χ0v) is 17.1. The molecule has 4 rings (SSSR count). The number of furan rings is 1. The molecule has 0 saturated heterocycles. The molecule has 158 valence electrons. The Bertz CT molecular complexity index is 1270. The first kappa shape index (κ1) is 20.6. The van der Waals surface area contributed by atoms with Crippen molar-refractivity contribution >= 4 is 23.3 Å². The maximum Gasteiger partial charge on any atom is 0.292 e. The maximum atomic E-state index is 12.8. The van der Waals surface area contributed by atoms with E-state index in [0.717, 1.165) is 5.56 Å². The number of carbonyl (C=O) groups excluding carboxylic acids is 2. The fourth-order valence-corrected chi connectivity index (χ4v) is 3.22. The summed E-state index contributed by atoms with van der Waals surface area (Å²) in [5, 5.41) is 15.1. The molecule has 1 aliphatic heterocycles. The lowest BCUT2D eigenvalue weighted by Gasteiger charge is -2.07. The fourth-order valence-electron chi connectivity index (χ4n) is 3.22. The van der Waals surface area contributed by atoms with Gasteiger partial charge in [-0.1, -0.05) is 36.4 Å². The summed E-state index contributed by atoms with van der Waals surface area (Å²) in [5.41, 5.74) is 2.10. The molecule has 0 radical (unpaired) electrons. The van der Waals surface area contributed by atoms with Gasteiger partial charge in [-0.05, 0) is 29.8 Å². The molecule has 0 unspecified atom stereocenters. The number of carbonyl (C=O) groups is 2. The van der Waals surface area contributed by atoms with Gasteiger partial charge in [0.1, 0.15) is 23.2 Å². The maximum absolute atomic E-state index is 12.8. The van der Waals surface area contributed by atoms with E-state index in [2.05, 4.69) is 15.6 Å². The average molecular weight is 426 g/mol. The number of hydrogen-bond acceptors (Lipinski definition) is 6. The quantitative estimate of drug-likeness (QED) is 0.480. The van der Waals surface area contributed by atoms with Crippen molar-refractivity contribution in [2.24, 2.45) is 4.99 Å². The molecular formula is C24H18N4O4. The van der Waals surface area contributed by atoms with Crippen LogP contribution in [-0.4, -0.2) is 24.8 Å². The Balaban J connectivity index is 1.59. The highest BCUT2D eigenvalue weighted by atomic mass is 16.5. The largest absolute Gasteiger partial charge is 0.497 e. The van der Waals surface area contributed by atoms with Gasteiger partial charge in [0.2, 0.25) is 0 Å². The summed E-state index contributed by atoms with van der Waals surface area (Å²) < 4.78 is 10.2. The van der Waals surface area contributed by atoms with Crippen molar-refractivity contribution in [3.05, 3.63) is 95.0 Å². The van der Waals surface area contributed by atoms with Gasteiger partial charge >= 0.3 is 0 Å². The third-order valence-electron chi connectivity index (χ3n) is 4.83. The first-order valence-corrected chi connectivity index (χ1v) is 9.69. The van der Waals surface area contributed by atoms with Gasteiger partial charge in [0.15, 0.2) is 5.76 Å². The van der Waals surface area contributed by atoms with E-state index in [1.807, 2.05) is 18.2 Å². The summed E-state index contributed by atoms with van der Waals surface area (Å²) in [7, 11) is 1.58. The van der Waals surface area contributed by atoms with Crippen LogP contribution in [0.2, 0.25) is 0 Å². The molecule has 1 aliphatic rings. The van der Waals surface area contributed by atoms with Crippen molar-refractivity contribution in [1.29, 1.82) is 5.26 Å². The number of hydrogen-bond donors (Lipinski definition) is 2. The lowest BCUT2D eigenvalue weighted by molar-refractivity contribution is -0.117. The lowest BCUT2D eigenvalue weighted by atomic mass is 10.0. The first-order valence-electron chi connectivity index (χ1n) is 9.69. The van der Waals surface area contributed by atoms with E-state index in [4.69, 9.17) is 9.15 Å². The molecule has 0 bridgehead atoms. The minimum atomic E-state index is -0.560. The minimum Gasteiger partial charge on any atom is -0.497 e. The molecule has 0 atom stereocenters. The molecule has 2 amide bonds. The van der Waals surface area contributed by atoms with E-state index in [0.29, 0.717) is 16.9 Å². The number of ether oxygens (including phenoxy) is 1. The molecular weight excluding hydrogens is 408 g/mol. The summed E-state index contributed by atoms with van der Waals surface area (Å²) in [6.45, 7) is 0.231. The number of rotatable bonds is 5. The lowest BCUT2D eigenvalue weighted by Crippen LogP contribution is -2.30. The number of methoxy groups -OCH3 is 1. The van der Waals surface area contributed by atoms with E-state index >= 15 is 0 Å². The number of amidine groups is 1. The van der Waals surface area contributed by atoms with Crippen LogP contribution in [-0.2, 0) is 11.3 Å². The SMILES string of the molecule is COc1ccc(CNC(=O)/C(C#N)=C2\N=C(NC(=O)c3ccco3)c3ccccc32)cc1. The van der Waals surface area contributed by atoms with Crippen molar-refractivity contribution in [1.82, 2.24) is 10.6 Å². The molecule has 2 aromatic carbocycles. The van der Waals surface area contributed by atoms with Gasteiger partial charge in [0, 0.05) is 17.7 Å². The van der Waals surface area contributed by atoms with E-state index in [1.54, 1.807) is 49.6 Å². The second-order valence-corrected chi connectivity index (χ2v) is 6.80. The summed E-state index contributed by atoms with van der Waals surface area (Å²) in [6.07, 6.45) is 1.39. The molecule has 0 spiro atoms. The predicted molar refractivity (Wildman–Crippen MR) is 117 cm³/mol. The standard InChI is InChI=1S/C24H18N4O4/c1-31-16-10-8-15(9-11-16)14-26-23(29)19(13-25)21-17-5-2-3-6-18(17)22(27-21)28-24(30)20-7-4-12-32-20/h2-12H,14H2,1H3,(H,26,29)(H,27,28,30)/b21-19-. The number of benzene rings is 2. The van der Waals surface area contributed by atoms with E-state index < -0.39 is 11.8 Å². The Morgan fingerprint density at radius 3 is 2.47 bits per heavy atom. The predicted octanol–water partition coefficient (Wildman–Crippen LogP) is 3.03. The molecule has 8 heteroatoms. The van der Waals surface area contributed by atoms with E-state index in [-0.39, 0.29) is 29.4 Å². The zero-order valence-electron chi connectivity index (χ0n) is 17.1. The van der Waals surface area contributed by atoms with Crippen molar-refractivity contribution in [3.63, 3.8) is 0 Å². The highest BCUT2D eigenvalue weighted by molar-refractivity contribution is 6.20. The third kappa shape index (κ3) is 4.13. The number of nitriles is 1. The molecule has 1 aromatic heterocycles. The second-order valence-electron chi connectivity index (χ2n) is 6.80. The third-order valence-corrected chi connectivity index (χ3v) is 4.83. The molecule has 32 heavy (non-hydrogen) atoms. The van der Waals surface area contributed by atoms with Crippen LogP contribution in [0, 0.1) is 11.3 Å². The minimum absolute atomic E-state index is 0.125. The Kier molecular flexibility index (Phi) is 5.81. The molecule has 0 saturated carbocycles. The van der Waals surface area contributed by atoms with E-state index in [9.17, 15) is 14.9 Å². The van der Waals surface area contributed by atoms with Crippen molar-refractivity contribution in [2.45, 2.75) is 6.54 Å². The summed E-state index contributed by atoms with van der Waals surface area (Å²) in [4.78, 5) is 29.6. The number of aliphatic imine (C=N–C) groups is 1. The van der Waals surface area contributed by atoms with Crippen LogP contribution in [0.1, 0.15) is 27.2 Å². The molecule has 0 fully saturated rings. The molecule has 2 heterocycles. The zero-order chi connectivity index (χ0) is 22.5. The monoisotopic (exact) mass is 426 g/mol. The number of nitrogens with zero attached hydrogens (tertiary/aromatic N) is 2. The molecule has 3 aromatic rings. The van der Waals surface area contributed by atoms with Gasteiger partial charge in [0.05, 0.1) is 19.1 Å². The molecule has 2 N–H and O–H groups in total. The van der Waals surface area contributed by atoms with Crippen LogP contribution in [0.15, 0.2) is 81.9 Å². The van der Waals surface area contributed by atoms with Gasteiger partial charge in [-0.25, -0.2) is 4.99 Å². The first-order chi connectivity index (χ1) is 15.6. The Morgan fingerprint density at radius 1 is 1.06 bits per heavy atom. The Hall–Kier alpha value is -4.64. The smallest absolute Gasteiger partial charge is 0.292 e. The molecule has 0 aliphatic carbocycles. The van der Waals surface area contributed by atoms with Crippen molar-refractivity contribution < 1.29 is 18.7 Å². The van der Waals surface area contributed by atoms with E-state index in [1.165, 1.54) is 12.3 Å². The summed E-state index contributed by atoms with van der Waals surface area (Å²) in [5.74, 6) is 0.0386. The van der Waals surface area contributed by atoms with Crippen molar-refractivity contribution in [2.75, 3.05) is 7.11 Å². The van der Waals surface area contributed by atoms with Crippen LogP contribution in [0.25, 0.3) is 5.70 Å². The Labute approximate surface area is 183 Å². The van der Waals surface area contributed by atoms with Crippen LogP contribution >= 0.6 is 0 Å². The Morgan fingerprint density at radius 2 is 1.81 bits per heavy atom.